The van der Waals surface area contributed by atoms with Gasteiger partial charge in [0.05, 0.1) is 43.3 Å². The highest BCUT2D eigenvalue weighted by Gasteiger charge is 2.37. The molecule has 4 heterocycles. The van der Waals surface area contributed by atoms with Crippen LogP contribution in [0.5, 0.6) is 5.88 Å². The van der Waals surface area contributed by atoms with Crippen molar-refractivity contribution in [2.24, 2.45) is 0 Å². The van der Waals surface area contributed by atoms with Crippen molar-refractivity contribution in [1.82, 2.24) is 24.9 Å². The van der Waals surface area contributed by atoms with Gasteiger partial charge in [-0.15, -0.1) is 5.10 Å². The summed E-state index contributed by atoms with van der Waals surface area (Å²) in [5.41, 5.74) is 1.55. The number of pyridine rings is 1. The van der Waals surface area contributed by atoms with Gasteiger partial charge >= 0.3 is 0 Å². The van der Waals surface area contributed by atoms with Crippen molar-refractivity contribution in [3.63, 3.8) is 0 Å². The summed E-state index contributed by atoms with van der Waals surface area (Å²) < 4.78 is 12.8. The minimum atomic E-state index is -0.0480. The summed E-state index contributed by atoms with van der Waals surface area (Å²) in [6.45, 7) is 1.70. The average molecular weight is 315 g/mol. The normalized spacial score (nSPS) is 23.1. The number of nitrogens with zero attached hydrogens (tertiary/aromatic N) is 5. The molecular weight excluding hydrogens is 298 g/mol. The third kappa shape index (κ3) is 2.44. The highest BCUT2D eigenvalue weighted by atomic mass is 16.5. The number of aromatic nitrogens is 4. The third-order valence-corrected chi connectivity index (χ3v) is 4.41. The zero-order valence-electron chi connectivity index (χ0n) is 12.8. The molecule has 0 bridgehead atoms. The maximum atomic E-state index is 12.6. The summed E-state index contributed by atoms with van der Waals surface area (Å²) in [6, 6.07) is 3.58. The zero-order valence-corrected chi connectivity index (χ0v) is 12.8. The molecule has 2 aromatic heterocycles. The second-order valence-corrected chi connectivity index (χ2v) is 5.72. The second-order valence-electron chi connectivity index (χ2n) is 5.72. The molecular formula is C15H17N5O3. The molecule has 120 valence electrons. The fraction of sp³-hybridized carbons (Fsp3) is 0.467. The largest absolute Gasteiger partial charge is 0.481 e. The summed E-state index contributed by atoms with van der Waals surface area (Å²) in [6.07, 6.45) is 4.03. The SMILES string of the molecule is COc1ccc(C(=O)N2CC[C@@H]3[C@@H](C2)OCc2cnnn23)cn1. The van der Waals surface area contributed by atoms with Crippen LogP contribution in [0.3, 0.4) is 0 Å². The Labute approximate surface area is 133 Å². The molecule has 2 aliphatic heterocycles. The monoisotopic (exact) mass is 315 g/mol. The van der Waals surface area contributed by atoms with Crippen LogP contribution < -0.4 is 4.74 Å². The first kappa shape index (κ1) is 14.1. The molecule has 0 spiro atoms. The third-order valence-electron chi connectivity index (χ3n) is 4.41. The minimum absolute atomic E-state index is 0.0356. The summed E-state index contributed by atoms with van der Waals surface area (Å²) in [5.74, 6) is 0.459. The van der Waals surface area contributed by atoms with E-state index in [0.29, 0.717) is 31.1 Å². The number of rotatable bonds is 2. The summed E-state index contributed by atoms with van der Waals surface area (Å²) in [7, 11) is 1.55. The van der Waals surface area contributed by atoms with Crippen LogP contribution >= 0.6 is 0 Å². The molecule has 23 heavy (non-hydrogen) atoms. The maximum Gasteiger partial charge on any atom is 0.255 e. The Balaban J connectivity index is 1.49. The van der Waals surface area contributed by atoms with E-state index in [1.54, 1.807) is 31.6 Å². The molecule has 2 atom stereocenters. The van der Waals surface area contributed by atoms with Gasteiger partial charge < -0.3 is 14.4 Å². The van der Waals surface area contributed by atoms with Gasteiger partial charge in [-0.1, -0.05) is 5.21 Å². The zero-order chi connectivity index (χ0) is 15.8. The molecule has 8 nitrogen and oxygen atoms in total. The highest BCUT2D eigenvalue weighted by Crippen LogP contribution is 2.30. The Morgan fingerprint density at radius 2 is 2.30 bits per heavy atom. The number of likely N-dealkylation sites (tertiary alicyclic amines) is 1. The first-order valence-electron chi connectivity index (χ1n) is 7.56. The van der Waals surface area contributed by atoms with Crippen molar-refractivity contribution < 1.29 is 14.3 Å². The summed E-state index contributed by atoms with van der Waals surface area (Å²) >= 11 is 0. The molecule has 0 N–H and O–H groups in total. The standard InChI is InChI=1S/C15H17N5O3/c1-22-14-3-2-10(6-16-14)15(21)19-5-4-12-13(8-19)23-9-11-7-17-18-20(11)12/h2-3,6-7,12-13H,4-5,8-9H2,1H3/t12-,13-/m1/s1. The van der Waals surface area contributed by atoms with Crippen LogP contribution in [0.15, 0.2) is 24.5 Å². The quantitative estimate of drug-likeness (QED) is 0.810. The number of hydrogen-bond acceptors (Lipinski definition) is 6. The fourth-order valence-electron chi connectivity index (χ4n) is 3.18. The number of hydrogen-bond donors (Lipinski definition) is 0. The first-order chi connectivity index (χ1) is 11.3. The Hall–Kier alpha value is -2.48. The van der Waals surface area contributed by atoms with Gasteiger partial charge in [-0.2, -0.15) is 0 Å². The Kier molecular flexibility index (Phi) is 3.45. The van der Waals surface area contributed by atoms with Crippen molar-refractivity contribution in [2.45, 2.75) is 25.2 Å². The predicted octanol–water partition coefficient (Wildman–Crippen LogP) is 0.668. The van der Waals surface area contributed by atoms with Gasteiger partial charge in [0.1, 0.15) is 0 Å². The van der Waals surface area contributed by atoms with E-state index in [0.717, 1.165) is 12.1 Å². The number of amides is 1. The van der Waals surface area contributed by atoms with Gasteiger partial charge in [-0.3, -0.25) is 4.79 Å². The number of methoxy groups -OCH3 is 1. The van der Waals surface area contributed by atoms with Crippen LogP contribution in [-0.2, 0) is 11.3 Å². The average Bonchev–Trinajstić information content (AvgIpc) is 3.10. The molecule has 4 rings (SSSR count). The molecule has 0 unspecified atom stereocenters. The van der Waals surface area contributed by atoms with E-state index in [9.17, 15) is 4.79 Å². The van der Waals surface area contributed by atoms with Gasteiger partial charge in [-0.05, 0) is 12.5 Å². The molecule has 0 saturated carbocycles. The molecule has 2 aliphatic rings. The fourth-order valence-corrected chi connectivity index (χ4v) is 3.18. The van der Waals surface area contributed by atoms with Crippen LogP contribution in [0.4, 0.5) is 0 Å². The van der Waals surface area contributed by atoms with E-state index in [1.165, 1.54) is 0 Å². The minimum Gasteiger partial charge on any atom is -0.481 e. The number of fused-ring (bicyclic) bond motifs is 3. The van der Waals surface area contributed by atoms with E-state index >= 15 is 0 Å². The predicted molar refractivity (Wildman–Crippen MR) is 78.9 cm³/mol. The Morgan fingerprint density at radius 1 is 1.39 bits per heavy atom. The van der Waals surface area contributed by atoms with Crippen LogP contribution in [-0.4, -0.2) is 57.1 Å². The molecule has 8 heteroatoms. The second kappa shape index (κ2) is 5.62. The maximum absolute atomic E-state index is 12.6. The number of carbonyl (C=O) groups excluding carboxylic acids is 1. The van der Waals surface area contributed by atoms with Gasteiger partial charge in [0.2, 0.25) is 5.88 Å². The molecule has 2 aromatic rings. The van der Waals surface area contributed by atoms with E-state index in [2.05, 4.69) is 15.3 Å². The molecule has 1 amide bonds. The topological polar surface area (TPSA) is 82.4 Å². The molecule has 0 radical (unpaired) electrons. The summed E-state index contributed by atoms with van der Waals surface area (Å²) in [5, 5.41) is 8.09. The van der Waals surface area contributed by atoms with Crippen molar-refractivity contribution >= 4 is 5.91 Å². The Morgan fingerprint density at radius 3 is 3.09 bits per heavy atom. The number of ether oxygens (including phenoxy) is 2. The van der Waals surface area contributed by atoms with Crippen LogP contribution in [0, 0.1) is 0 Å². The van der Waals surface area contributed by atoms with E-state index < -0.39 is 0 Å². The van der Waals surface area contributed by atoms with Gasteiger partial charge in [-0.25, -0.2) is 9.67 Å². The van der Waals surface area contributed by atoms with Gasteiger partial charge in [0, 0.05) is 25.4 Å². The molecule has 1 saturated heterocycles. The van der Waals surface area contributed by atoms with Crippen LogP contribution in [0.2, 0.25) is 0 Å². The van der Waals surface area contributed by atoms with Crippen molar-refractivity contribution in [3.8, 4) is 5.88 Å². The molecule has 0 aliphatic carbocycles. The van der Waals surface area contributed by atoms with E-state index in [4.69, 9.17) is 9.47 Å². The smallest absolute Gasteiger partial charge is 0.255 e. The van der Waals surface area contributed by atoms with Gasteiger partial charge in [0.25, 0.3) is 5.91 Å². The highest BCUT2D eigenvalue weighted by molar-refractivity contribution is 5.94. The lowest BCUT2D eigenvalue weighted by Crippen LogP contribution is -2.50. The lowest BCUT2D eigenvalue weighted by Gasteiger charge is -2.40. The Bertz CT molecular complexity index is 714. The summed E-state index contributed by atoms with van der Waals surface area (Å²) in [4.78, 5) is 18.5. The number of piperidine rings is 1. The van der Waals surface area contributed by atoms with E-state index in [-0.39, 0.29) is 18.1 Å². The van der Waals surface area contributed by atoms with Crippen LogP contribution in [0.1, 0.15) is 28.5 Å². The lowest BCUT2D eigenvalue weighted by molar-refractivity contribution is -0.0627. The van der Waals surface area contributed by atoms with Crippen LogP contribution in [0.25, 0.3) is 0 Å². The molecule has 0 aromatic carbocycles. The van der Waals surface area contributed by atoms with Crippen molar-refractivity contribution in [1.29, 1.82) is 0 Å². The van der Waals surface area contributed by atoms with Crippen molar-refractivity contribution in [2.75, 3.05) is 20.2 Å². The first-order valence-corrected chi connectivity index (χ1v) is 7.56. The van der Waals surface area contributed by atoms with Crippen molar-refractivity contribution in [3.05, 3.63) is 35.8 Å². The molecule has 1 fully saturated rings. The van der Waals surface area contributed by atoms with Gasteiger partial charge in [0.15, 0.2) is 0 Å². The van der Waals surface area contributed by atoms with E-state index in [1.807, 2.05) is 9.58 Å². The lowest BCUT2D eigenvalue weighted by atomic mass is 9.99. The number of carbonyl (C=O) groups is 1.